The minimum absolute atomic E-state index is 0.00661. The Hall–Kier alpha value is -4.84. The first-order valence-corrected chi connectivity index (χ1v) is 17.1. The minimum atomic E-state index is 0.00661. The Labute approximate surface area is 278 Å². The lowest BCUT2D eigenvalue weighted by Gasteiger charge is -2.41. The van der Waals surface area contributed by atoms with E-state index >= 15 is 0 Å². The average molecular weight is 645 g/mol. The number of fused-ring (bicyclic) bond motifs is 4. The van der Waals surface area contributed by atoms with Crippen molar-refractivity contribution in [3.05, 3.63) is 60.3 Å². The van der Waals surface area contributed by atoms with Gasteiger partial charge in [-0.2, -0.15) is 0 Å². The van der Waals surface area contributed by atoms with Crippen molar-refractivity contribution < 1.29 is 9.53 Å². The van der Waals surface area contributed by atoms with Crippen molar-refractivity contribution in [3.63, 3.8) is 0 Å². The van der Waals surface area contributed by atoms with Crippen molar-refractivity contribution in [1.82, 2.24) is 34.0 Å². The first kappa shape index (κ1) is 29.3. The molecule has 2 aliphatic heterocycles. The molecule has 12 heteroatoms. The number of anilines is 1. The van der Waals surface area contributed by atoms with Crippen molar-refractivity contribution >= 4 is 39.9 Å². The Morgan fingerprint density at radius 3 is 2.67 bits per heavy atom. The zero-order chi connectivity index (χ0) is 32.5. The van der Waals surface area contributed by atoms with E-state index in [2.05, 4.69) is 41.1 Å². The van der Waals surface area contributed by atoms with E-state index in [-0.39, 0.29) is 18.0 Å². The number of hydrogen-bond donors (Lipinski definition) is 1. The second kappa shape index (κ2) is 11.4. The molecule has 2 saturated heterocycles. The van der Waals surface area contributed by atoms with Gasteiger partial charge in [-0.3, -0.25) is 9.79 Å². The molecule has 4 fully saturated rings. The summed E-state index contributed by atoms with van der Waals surface area (Å²) in [6.07, 6.45) is 11.6. The molecule has 1 amide bonds. The molecule has 2 bridgehead atoms. The van der Waals surface area contributed by atoms with Crippen LogP contribution in [0.15, 0.2) is 54.0 Å². The van der Waals surface area contributed by atoms with E-state index in [1.165, 1.54) is 12.8 Å². The number of aromatic nitrogens is 6. The molecule has 9 rings (SSSR count). The van der Waals surface area contributed by atoms with E-state index in [9.17, 15) is 4.79 Å². The predicted octanol–water partition coefficient (Wildman–Crippen LogP) is 4.01. The summed E-state index contributed by atoms with van der Waals surface area (Å²) in [5.74, 6) is 2.91. The topological polar surface area (TPSA) is 133 Å². The number of carbonyl (C=O) groups is 1. The Kier molecular flexibility index (Phi) is 6.96. The highest BCUT2D eigenvalue weighted by atomic mass is 16.5. The number of imidazole rings is 1. The molecule has 12 nitrogen and oxygen atoms in total. The van der Waals surface area contributed by atoms with Crippen molar-refractivity contribution in [2.75, 3.05) is 38.7 Å². The molecule has 5 aromatic rings. The molecule has 1 aromatic carbocycles. The maximum Gasteiger partial charge on any atom is 0.254 e. The molecule has 0 radical (unpaired) electrons. The van der Waals surface area contributed by atoms with Crippen molar-refractivity contribution in [3.8, 4) is 17.3 Å². The third-order valence-corrected chi connectivity index (χ3v) is 10.9. The standard InChI is InChI=1S/C36H40N10O2/c1-38-13-27-30(14-39-20-41-27)43-15-22(16-43)18-46-33-26(10-25(12-31(33)48-2)36(47)45-19-24-7-8-28(45)32(24)37)42-35(46)29-11-23-4-3-9-40-34(23)44(29)17-21-5-6-21/h3-4,9-14,20-22,24,28,32H,5-8,15-19,37H2,1-2H3/t24?,28?,32-/m1/s1. The van der Waals surface area contributed by atoms with Gasteiger partial charge in [0.15, 0.2) is 5.82 Å². The Bertz CT molecular complexity index is 2070. The molecular formula is C36H40N10O2. The van der Waals surface area contributed by atoms with Gasteiger partial charge < -0.3 is 29.4 Å². The number of methoxy groups -OCH3 is 1. The fourth-order valence-electron chi connectivity index (χ4n) is 8.28. The first-order valence-electron chi connectivity index (χ1n) is 17.1. The molecule has 246 valence electrons. The van der Waals surface area contributed by atoms with E-state index in [1.54, 1.807) is 26.7 Å². The van der Waals surface area contributed by atoms with Crippen LogP contribution in [0.2, 0.25) is 0 Å². The van der Waals surface area contributed by atoms with Crippen LogP contribution in [-0.2, 0) is 13.1 Å². The lowest BCUT2D eigenvalue weighted by molar-refractivity contribution is 0.0700. The molecule has 3 atom stereocenters. The highest BCUT2D eigenvalue weighted by Gasteiger charge is 2.47. The number of carbonyl (C=O) groups excluding carboxylic acids is 1. The number of hydrogen-bond acceptors (Lipinski definition) is 9. The number of aliphatic imine (C=N–C) groups is 1. The summed E-state index contributed by atoms with van der Waals surface area (Å²) in [4.78, 5) is 41.3. The van der Waals surface area contributed by atoms with Gasteiger partial charge in [0.25, 0.3) is 5.91 Å². The summed E-state index contributed by atoms with van der Waals surface area (Å²) in [7, 11) is 3.43. The van der Waals surface area contributed by atoms with E-state index in [1.807, 2.05) is 35.5 Å². The minimum Gasteiger partial charge on any atom is -0.494 e. The highest BCUT2D eigenvalue weighted by Crippen LogP contribution is 2.41. The molecule has 0 spiro atoms. The highest BCUT2D eigenvalue weighted by molar-refractivity contribution is 6.00. The van der Waals surface area contributed by atoms with Gasteiger partial charge >= 0.3 is 0 Å². The number of pyridine rings is 1. The summed E-state index contributed by atoms with van der Waals surface area (Å²) < 4.78 is 10.7. The van der Waals surface area contributed by atoms with Crippen LogP contribution in [0.4, 0.5) is 5.69 Å². The second-order valence-corrected chi connectivity index (χ2v) is 14.0. The van der Waals surface area contributed by atoms with Gasteiger partial charge in [-0.25, -0.2) is 19.9 Å². The molecule has 4 aliphatic rings. The van der Waals surface area contributed by atoms with Gasteiger partial charge in [0.2, 0.25) is 0 Å². The first-order chi connectivity index (χ1) is 23.5. The Balaban J connectivity index is 1.13. The van der Waals surface area contributed by atoms with Gasteiger partial charge in [-0.15, -0.1) is 0 Å². The van der Waals surface area contributed by atoms with Crippen molar-refractivity contribution in [2.24, 2.45) is 28.5 Å². The van der Waals surface area contributed by atoms with Gasteiger partial charge in [0.05, 0.1) is 30.2 Å². The zero-order valence-electron chi connectivity index (χ0n) is 27.4. The summed E-state index contributed by atoms with van der Waals surface area (Å²) in [6.45, 7) is 4.06. The van der Waals surface area contributed by atoms with Crippen LogP contribution < -0.4 is 15.4 Å². The number of likely N-dealkylation sites (tertiary alicyclic amines) is 1. The average Bonchev–Trinajstić information content (AvgIpc) is 3.44. The van der Waals surface area contributed by atoms with Gasteiger partial charge in [0.1, 0.15) is 28.9 Å². The van der Waals surface area contributed by atoms with Crippen LogP contribution >= 0.6 is 0 Å². The second-order valence-electron chi connectivity index (χ2n) is 14.0. The van der Waals surface area contributed by atoms with Crippen LogP contribution in [0, 0.1) is 17.8 Å². The largest absolute Gasteiger partial charge is 0.494 e. The quantitative estimate of drug-likeness (QED) is 0.238. The van der Waals surface area contributed by atoms with Gasteiger partial charge in [-0.05, 0) is 67.9 Å². The molecule has 2 aliphatic carbocycles. The fraction of sp³-hybridized carbons (Fsp3) is 0.444. The fourth-order valence-corrected chi connectivity index (χ4v) is 8.28. The van der Waals surface area contributed by atoms with Crippen molar-refractivity contribution in [2.45, 2.75) is 50.9 Å². The molecule has 2 unspecified atom stereocenters. The number of amides is 1. The molecule has 48 heavy (non-hydrogen) atoms. The maximum absolute atomic E-state index is 14.0. The number of ether oxygens (including phenoxy) is 1. The number of nitrogens with zero attached hydrogens (tertiary/aromatic N) is 9. The smallest absolute Gasteiger partial charge is 0.254 e. The molecule has 6 heterocycles. The van der Waals surface area contributed by atoms with Gasteiger partial charge in [-0.1, -0.05) is 0 Å². The number of rotatable bonds is 9. The normalized spacial score (nSPS) is 22.4. The van der Waals surface area contributed by atoms with E-state index in [4.69, 9.17) is 20.4 Å². The van der Waals surface area contributed by atoms with Gasteiger partial charge in [0, 0.05) is 81.1 Å². The Morgan fingerprint density at radius 1 is 1.06 bits per heavy atom. The van der Waals surface area contributed by atoms with Crippen molar-refractivity contribution in [1.29, 1.82) is 0 Å². The number of nitrogens with two attached hydrogens (primary N) is 1. The number of benzene rings is 1. The number of piperidine rings is 1. The van der Waals surface area contributed by atoms with Crippen LogP contribution in [0.5, 0.6) is 5.75 Å². The maximum atomic E-state index is 14.0. The summed E-state index contributed by atoms with van der Waals surface area (Å²) in [5.41, 5.74) is 12.6. The lowest BCUT2D eigenvalue weighted by Crippen LogP contribution is -2.49. The summed E-state index contributed by atoms with van der Waals surface area (Å²) in [6, 6.07) is 10.3. The zero-order valence-corrected chi connectivity index (χ0v) is 27.4. The summed E-state index contributed by atoms with van der Waals surface area (Å²) >= 11 is 0. The predicted molar refractivity (Wildman–Crippen MR) is 185 cm³/mol. The summed E-state index contributed by atoms with van der Waals surface area (Å²) in [5, 5.41) is 1.10. The third-order valence-electron chi connectivity index (χ3n) is 10.9. The third kappa shape index (κ3) is 4.75. The van der Waals surface area contributed by atoms with E-state index < -0.39 is 0 Å². The van der Waals surface area contributed by atoms with Crippen LogP contribution in [0.25, 0.3) is 33.6 Å². The molecule has 2 saturated carbocycles. The SMILES string of the molecule is CN=Cc1ncncc1N1CC(Cn2c(-c3cc4cccnc4n3CC3CC3)nc3cc(C(=O)N4CC5CCC4[C@@H]5N)cc(OC)c32)C1. The van der Waals surface area contributed by atoms with Crippen LogP contribution in [0.3, 0.4) is 0 Å². The van der Waals surface area contributed by atoms with Crippen LogP contribution in [-0.4, -0.2) is 92.0 Å². The van der Waals surface area contributed by atoms with Crippen LogP contribution in [0.1, 0.15) is 41.7 Å². The lowest BCUT2D eigenvalue weighted by atomic mass is 9.98. The molecule has 4 aromatic heterocycles. The Morgan fingerprint density at radius 2 is 1.92 bits per heavy atom. The molecule has 2 N–H and O–H groups in total. The monoisotopic (exact) mass is 644 g/mol. The van der Waals surface area contributed by atoms with E-state index in [0.29, 0.717) is 29.1 Å². The molecular weight excluding hydrogens is 604 g/mol. The van der Waals surface area contributed by atoms with E-state index in [0.717, 1.165) is 90.5 Å².